The summed E-state index contributed by atoms with van der Waals surface area (Å²) in [5.74, 6) is -0.882. The van der Waals surface area contributed by atoms with E-state index < -0.39 is 5.97 Å². The van der Waals surface area contributed by atoms with Gasteiger partial charge in [0, 0.05) is 25.2 Å². The predicted molar refractivity (Wildman–Crippen MR) is 84.5 cm³/mol. The third-order valence-electron chi connectivity index (χ3n) is 3.28. The molecule has 0 unspecified atom stereocenters. The molecule has 124 valence electrons. The molecule has 2 amide bonds. The maximum absolute atomic E-state index is 12.7. The average Bonchev–Trinajstić information content (AvgIpc) is 2.32. The van der Waals surface area contributed by atoms with Gasteiger partial charge >= 0.3 is 12.0 Å². The molecule has 6 nitrogen and oxygen atoms in total. The van der Waals surface area contributed by atoms with Gasteiger partial charge in [-0.05, 0) is 54.8 Å². The maximum atomic E-state index is 12.7. The second kappa shape index (κ2) is 8.87. The summed E-state index contributed by atoms with van der Waals surface area (Å²) >= 11 is 0. The Bertz CT molecular complexity index is 338. The van der Waals surface area contributed by atoms with Crippen molar-refractivity contribution < 1.29 is 14.7 Å². The lowest BCUT2D eigenvalue weighted by atomic mass is 10.1. The van der Waals surface area contributed by atoms with Crippen LogP contribution in [0.4, 0.5) is 4.79 Å². The molecule has 0 rings (SSSR count). The first-order valence-electron chi connectivity index (χ1n) is 7.52. The van der Waals surface area contributed by atoms with Crippen LogP contribution in [0.1, 0.15) is 40.5 Å². The highest BCUT2D eigenvalue weighted by Crippen LogP contribution is 2.16. The van der Waals surface area contributed by atoms with Gasteiger partial charge in [0.1, 0.15) is 0 Å². The number of aliphatic carboxylic acids is 1. The van der Waals surface area contributed by atoms with Crippen molar-refractivity contribution in [3.8, 4) is 0 Å². The monoisotopic (exact) mass is 301 g/mol. The number of carbonyl (C=O) groups is 2. The van der Waals surface area contributed by atoms with E-state index in [4.69, 9.17) is 5.11 Å². The number of nitrogens with zero attached hydrogens (tertiary/aromatic N) is 3. The molecule has 0 spiro atoms. The van der Waals surface area contributed by atoms with Crippen LogP contribution in [0.2, 0.25) is 0 Å². The summed E-state index contributed by atoms with van der Waals surface area (Å²) in [6.45, 7) is 10.2. The Morgan fingerprint density at radius 3 is 2.00 bits per heavy atom. The molecule has 1 N–H and O–H groups in total. The number of amides is 2. The maximum Gasteiger partial charge on any atom is 0.320 e. The molecular formula is C15H31N3O3. The Morgan fingerprint density at radius 1 is 1.05 bits per heavy atom. The van der Waals surface area contributed by atoms with E-state index in [1.807, 2.05) is 41.8 Å². The van der Waals surface area contributed by atoms with Gasteiger partial charge in [0.2, 0.25) is 0 Å². The zero-order valence-electron chi connectivity index (χ0n) is 14.3. The van der Waals surface area contributed by atoms with E-state index in [2.05, 4.69) is 4.90 Å². The van der Waals surface area contributed by atoms with Gasteiger partial charge in [0.15, 0.2) is 0 Å². The number of hydrogen-bond acceptors (Lipinski definition) is 3. The Labute approximate surface area is 128 Å². The third-order valence-corrected chi connectivity index (χ3v) is 3.28. The van der Waals surface area contributed by atoms with Crippen LogP contribution in [0.5, 0.6) is 0 Å². The first-order valence-corrected chi connectivity index (χ1v) is 7.52. The van der Waals surface area contributed by atoms with Crippen LogP contribution in [0.3, 0.4) is 0 Å². The van der Waals surface area contributed by atoms with Crippen molar-refractivity contribution in [1.82, 2.24) is 14.7 Å². The van der Waals surface area contributed by atoms with E-state index in [0.29, 0.717) is 13.1 Å². The van der Waals surface area contributed by atoms with E-state index in [9.17, 15) is 9.59 Å². The minimum absolute atomic E-state index is 0.0295. The van der Waals surface area contributed by atoms with Gasteiger partial charge < -0.3 is 19.8 Å². The molecule has 0 saturated heterocycles. The van der Waals surface area contributed by atoms with Gasteiger partial charge in [-0.25, -0.2) is 4.79 Å². The lowest BCUT2D eigenvalue weighted by Gasteiger charge is -2.39. The molecule has 0 saturated carbocycles. The van der Waals surface area contributed by atoms with Crippen LogP contribution in [0, 0.1) is 0 Å². The predicted octanol–water partition coefficient (Wildman–Crippen LogP) is 1.96. The van der Waals surface area contributed by atoms with Crippen molar-refractivity contribution in [3.05, 3.63) is 0 Å². The summed E-state index contributed by atoms with van der Waals surface area (Å²) in [6.07, 6.45) is 0.877. The largest absolute Gasteiger partial charge is 0.481 e. The van der Waals surface area contributed by atoms with Crippen molar-refractivity contribution in [2.24, 2.45) is 0 Å². The molecule has 0 heterocycles. The zero-order valence-corrected chi connectivity index (χ0v) is 14.3. The van der Waals surface area contributed by atoms with Crippen molar-refractivity contribution in [2.75, 3.05) is 40.3 Å². The summed E-state index contributed by atoms with van der Waals surface area (Å²) in [4.78, 5) is 29.0. The number of hydrogen-bond donors (Lipinski definition) is 1. The summed E-state index contributed by atoms with van der Waals surface area (Å²) in [5, 5.41) is 8.85. The van der Waals surface area contributed by atoms with Gasteiger partial charge in [0.25, 0.3) is 0 Å². The van der Waals surface area contributed by atoms with Gasteiger partial charge in [-0.2, -0.15) is 0 Å². The summed E-state index contributed by atoms with van der Waals surface area (Å²) in [7, 11) is 4.01. The molecule has 0 aromatic rings. The van der Waals surface area contributed by atoms with E-state index in [-0.39, 0.29) is 24.5 Å². The highest BCUT2D eigenvalue weighted by atomic mass is 16.4. The van der Waals surface area contributed by atoms with Gasteiger partial charge in [0.05, 0.1) is 6.42 Å². The molecule has 0 radical (unpaired) electrons. The summed E-state index contributed by atoms with van der Waals surface area (Å²) < 4.78 is 0. The SMILES string of the molecule is CCN(CCCN(C)C)C(=O)N(CCC(=O)O)C(C)(C)C. The highest BCUT2D eigenvalue weighted by Gasteiger charge is 2.29. The fourth-order valence-corrected chi connectivity index (χ4v) is 2.06. The van der Waals surface area contributed by atoms with Crippen molar-refractivity contribution in [1.29, 1.82) is 0 Å². The Morgan fingerprint density at radius 2 is 1.62 bits per heavy atom. The minimum atomic E-state index is -0.882. The number of rotatable bonds is 8. The Hall–Kier alpha value is -1.30. The Balaban J connectivity index is 4.76. The molecule has 0 aliphatic carbocycles. The van der Waals surface area contributed by atoms with Gasteiger partial charge in [-0.3, -0.25) is 4.79 Å². The van der Waals surface area contributed by atoms with Crippen molar-refractivity contribution in [3.63, 3.8) is 0 Å². The molecule has 0 bridgehead atoms. The second-order valence-electron chi connectivity index (χ2n) is 6.49. The fraction of sp³-hybridized carbons (Fsp3) is 0.867. The molecule has 0 fully saturated rings. The molecule has 0 aromatic carbocycles. The first kappa shape index (κ1) is 19.7. The minimum Gasteiger partial charge on any atom is -0.481 e. The molecular weight excluding hydrogens is 270 g/mol. The zero-order chi connectivity index (χ0) is 16.6. The number of carbonyl (C=O) groups excluding carboxylic acids is 1. The summed E-state index contributed by atoms with van der Waals surface area (Å²) in [5.41, 5.74) is -0.387. The third kappa shape index (κ3) is 7.90. The quantitative estimate of drug-likeness (QED) is 0.744. The molecule has 6 heteroatoms. The summed E-state index contributed by atoms with van der Waals surface area (Å²) in [6, 6.07) is -0.0787. The van der Waals surface area contributed by atoms with Gasteiger partial charge in [-0.15, -0.1) is 0 Å². The topological polar surface area (TPSA) is 64.1 Å². The molecule has 0 aliphatic rings. The fourth-order valence-electron chi connectivity index (χ4n) is 2.06. The number of urea groups is 1. The standard InChI is InChI=1S/C15H31N3O3/c1-7-17(11-8-10-16(5)6)14(21)18(15(2,3)4)12-9-13(19)20/h7-12H2,1-6H3,(H,19,20). The lowest BCUT2D eigenvalue weighted by Crippen LogP contribution is -2.52. The van der Waals surface area contributed by atoms with Crippen LogP contribution in [-0.4, -0.2) is 77.6 Å². The Kier molecular flexibility index (Phi) is 8.32. The average molecular weight is 301 g/mol. The molecule has 21 heavy (non-hydrogen) atoms. The van der Waals surface area contributed by atoms with Crippen LogP contribution >= 0.6 is 0 Å². The normalized spacial score (nSPS) is 11.6. The molecule has 0 atom stereocenters. The number of carboxylic acids is 1. The highest BCUT2D eigenvalue weighted by molar-refractivity contribution is 5.76. The van der Waals surface area contributed by atoms with Crippen molar-refractivity contribution in [2.45, 2.75) is 46.1 Å². The molecule has 0 aliphatic heterocycles. The lowest BCUT2D eigenvalue weighted by molar-refractivity contribution is -0.137. The van der Waals surface area contributed by atoms with E-state index >= 15 is 0 Å². The number of carboxylic acid groups (broad SMARTS) is 1. The smallest absolute Gasteiger partial charge is 0.320 e. The van der Waals surface area contributed by atoms with E-state index in [0.717, 1.165) is 13.0 Å². The van der Waals surface area contributed by atoms with Crippen LogP contribution in [-0.2, 0) is 4.79 Å². The van der Waals surface area contributed by atoms with Crippen LogP contribution < -0.4 is 0 Å². The second-order valence-corrected chi connectivity index (χ2v) is 6.49. The van der Waals surface area contributed by atoms with E-state index in [1.165, 1.54) is 0 Å². The van der Waals surface area contributed by atoms with Crippen LogP contribution in [0.25, 0.3) is 0 Å². The van der Waals surface area contributed by atoms with Gasteiger partial charge in [-0.1, -0.05) is 0 Å². The first-order chi connectivity index (χ1) is 9.59. The van der Waals surface area contributed by atoms with E-state index in [1.54, 1.807) is 9.80 Å². The van der Waals surface area contributed by atoms with Crippen LogP contribution in [0.15, 0.2) is 0 Å². The van der Waals surface area contributed by atoms with Crippen molar-refractivity contribution >= 4 is 12.0 Å². The molecule has 0 aromatic heterocycles.